The van der Waals surface area contributed by atoms with Crippen LogP contribution in [0, 0.1) is 5.92 Å². The molecule has 0 bridgehead atoms. The van der Waals surface area contributed by atoms with Crippen molar-refractivity contribution in [1.29, 1.82) is 0 Å². The zero-order chi connectivity index (χ0) is 23.4. The van der Waals surface area contributed by atoms with Gasteiger partial charge in [-0.3, -0.25) is 0 Å². The molecule has 2 atom stereocenters. The first-order chi connectivity index (χ1) is 15.9. The number of nitrogens with zero attached hydrogens (tertiary/aromatic N) is 1. The van der Waals surface area contributed by atoms with Crippen molar-refractivity contribution >= 4 is 21.1 Å². The molecule has 0 radical (unpaired) electrons. The summed E-state index contributed by atoms with van der Waals surface area (Å²) in [6.07, 6.45) is 3.93. The number of nitrogens with one attached hydrogen (secondary N) is 2. The van der Waals surface area contributed by atoms with Crippen LogP contribution in [-0.4, -0.2) is 51.1 Å². The third-order valence-corrected chi connectivity index (χ3v) is 7.86. The Morgan fingerprint density at radius 1 is 1.21 bits per heavy atom. The van der Waals surface area contributed by atoms with Gasteiger partial charge in [0.1, 0.15) is 0 Å². The molecule has 0 amide bonds. The lowest BCUT2D eigenvalue weighted by atomic mass is 9.91. The Hall–Kier alpha value is -2.55. The van der Waals surface area contributed by atoms with E-state index in [0.29, 0.717) is 37.1 Å². The molecule has 0 saturated carbocycles. The van der Waals surface area contributed by atoms with E-state index in [4.69, 9.17) is 9.47 Å². The molecule has 2 aromatic carbocycles. The zero-order valence-electron chi connectivity index (χ0n) is 19.5. The van der Waals surface area contributed by atoms with Gasteiger partial charge in [0.25, 0.3) is 10.2 Å². The van der Waals surface area contributed by atoms with E-state index in [9.17, 15) is 8.42 Å². The van der Waals surface area contributed by atoms with Gasteiger partial charge in [0.05, 0.1) is 13.7 Å². The second kappa shape index (κ2) is 10.2. The molecule has 0 spiro atoms. The Kier molecular flexibility index (Phi) is 7.26. The van der Waals surface area contributed by atoms with Crippen molar-refractivity contribution in [3.05, 3.63) is 59.8 Å². The molecule has 2 heterocycles. The van der Waals surface area contributed by atoms with Crippen molar-refractivity contribution in [2.45, 2.75) is 32.6 Å². The highest BCUT2D eigenvalue weighted by molar-refractivity contribution is 7.87. The van der Waals surface area contributed by atoms with Gasteiger partial charge in [-0.25, -0.2) is 4.72 Å². The number of para-hydroxylation sites is 1. The minimum Gasteiger partial charge on any atom is -0.493 e. The highest BCUT2D eigenvalue weighted by Crippen LogP contribution is 2.36. The third-order valence-electron chi connectivity index (χ3n) is 6.32. The van der Waals surface area contributed by atoms with E-state index in [2.05, 4.69) is 22.7 Å². The van der Waals surface area contributed by atoms with E-state index < -0.39 is 10.2 Å². The summed E-state index contributed by atoms with van der Waals surface area (Å²) in [4.78, 5) is 3.32. The summed E-state index contributed by atoms with van der Waals surface area (Å²) < 4.78 is 42.0. The van der Waals surface area contributed by atoms with E-state index in [1.807, 2.05) is 49.5 Å². The number of fused-ring (bicyclic) bond motifs is 1. The monoisotopic (exact) mass is 471 g/mol. The number of aromatic amines is 1. The lowest BCUT2D eigenvalue weighted by molar-refractivity contribution is 0.278. The molecule has 0 unspecified atom stereocenters. The molecule has 1 saturated heterocycles. The molecule has 2 N–H and O–H groups in total. The highest BCUT2D eigenvalue weighted by Gasteiger charge is 2.29. The van der Waals surface area contributed by atoms with Crippen LogP contribution < -0.4 is 14.2 Å². The molecule has 1 fully saturated rings. The van der Waals surface area contributed by atoms with Crippen LogP contribution in [0.4, 0.5) is 0 Å². The Morgan fingerprint density at radius 3 is 2.79 bits per heavy atom. The Labute approximate surface area is 196 Å². The summed E-state index contributed by atoms with van der Waals surface area (Å²) in [6, 6.07) is 13.9. The SMILES string of the molecule is CCOc1ccc([C@H](CNS(=O)(=O)N2CCC[C@@H](C)C2)c2c[nH]c3ccccc23)cc1OC. The maximum atomic E-state index is 13.1. The first kappa shape index (κ1) is 23.6. The number of ether oxygens (including phenoxy) is 2. The molecule has 1 aromatic heterocycles. The Bertz CT molecular complexity index is 1190. The number of rotatable bonds is 9. The fraction of sp³-hybridized carbons (Fsp3) is 0.440. The molecular formula is C25H33N3O4S. The van der Waals surface area contributed by atoms with E-state index >= 15 is 0 Å². The highest BCUT2D eigenvalue weighted by atomic mass is 32.2. The van der Waals surface area contributed by atoms with Crippen LogP contribution in [0.5, 0.6) is 11.5 Å². The summed E-state index contributed by atoms with van der Waals surface area (Å²) in [5.74, 6) is 1.47. The maximum absolute atomic E-state index is 13.1. The zero-order valence-corrected chi connectivity index (χ0v) is 20.3. The fourth-order valence-corrected chi connectivity index (χ4v) is 5.99. The van der Waals surface area contributed by atoms with E-state index in [-0.39, 0.29) is 12.5 Å². The minimum atomic E-state index is -3.58. The van der Waals surface area contributed by atoms with E-state index in [1.165, 1.54) is 0 Å². The van der Waals surface area contributed by atoms with Crippen LogP contribution in [0.15, 0.2) is 48.7 Å². The van der Waals surface area contributed by atoms with Gasteiger partial charge in [0.15, 0.2) is 11.5 Å². The molecule has 178 valence electrons. The summed E-state index contributed by atoms with van der Waals surface area (Å²) in [5.41, 5.74) is 3.00. The lowest BCUT2D eigenvalue weighted by Crippen LogP contribution is -2.46. The lowest BCUT2D eigenvalue weighted by Gasteiger charge is -2.30. The molecule has 1 aliphatic heterocycles. The normalized spacial score (nSPS) is 18.3. The summed E-state index contributed by atoms with van der Waals surface area (Å²) in [6.45, 7) is 5.93. The first-order valence-corrected chi connectivity index (χ1v) is 13.0. The van der Waals surface area contributed by atoms with Crippen LogP contribution in [-0.2, 0) is 10.2 Å². The number of methoxy groups -OCH3 is 1. The van der Waals surface area contributed by atoms with Gasteiger partial charge in [-0.15, -0.1) is 0 Å². The largest absolute Gasteiger partial charge is 0.493 e. The molecule has 8 heteroatoms. The molecule has 0 aliphatic carbocycles. The number of aromatic nitrogens is 1. The number of hydrogen-bond donors (Lipinski definition) is 2. The van der Waals surface area contributed by atoms with Crippen molar-refractivity contribution in [3.8, 4) is 11.5 Å². The van der Waals surface area contributed by atoms with Crippen LogP contribution in [0.1, 0.15) is 43.7 Å². The number of H-pyrrole nitrogens is 1. The Balaban J connectivity index is 1.68. The number of piperidine rings is 1. The molecule has 1 aliphatic rings. The topological polar surface area (TPSA) is 83.7 Å². The maximum Gasteiger partial charge on any atom is 0.279 e. The second-order valence-corrected chi connectivity index (χ2v) is 10.4. The molecular weight excluding hydrogens is 438 g/mol. The molecule has 33 heavy (non-hydrogen) atoms. The van der Waals surface area contributed by atoms with Gasteiger partial charge in [-0.2, -0.15) is 12.7 Å². The van der Waals surface area contributed by atoms with Crippen LogP contribution in [0.25, 0.3) is 10.9 Å². The van der Waals surface area contributed by atoms with Crippen LogP contribution >= 0.6 is 0 Å². The van der Waals surface area contributed by atoms with Gasteiger partial charge in [-0.1, -0.05) is 31.2 Å². The van der Waals surface area contributed by atoms with Gasteiger partial charge in [0.2, 0.25) is 0 Å². The van der Waals surface area contributed by atoms with E-state index in [1.54, 1.807) is 11.4 Å². The Morgan fingerprint density at radius 2 is 2.03 bits per heavy atom. The van der Waals surface area contributed by atoms with Gasteiger partial charge < -0.3 is 14.5 Å². The van der Waals surface area contributed by atoms with Crippen LogP contribution in [0.2, 0.25) is 0 Å². The summed E-state index contributed by atoms with van der Waals surface area (Å²) in [5, 5.41) is 1.07. The number of benzene rings is 2. The minimum absolute atomic E-state index is 0.206. The average Bonchev–Trinajstić information content (AvgIpc) is 3.24. The second-order valence-electron chi connectivity index (χ2n) is 8.64. The van der Waals surface area contributed by atoms with Crippen molar-refractivity contribution in [3.63, 3.8) is 0 Å². The molecule has 4 rings (SSSR count). The van der Waals surface area contributed by atoms with Crippen molar-refractivity contribution in [2.24, 2.45) is 5.92 Å². The summed E-state index contributed by atoms with van der Waals surface area (Å²) >= 11 is 0. The van der Waals surface area contributed by atoms with Gasteiger partial charge in [0, 0.05) is 42.7 Å². The van der Waals surface area contributed by atoms with E-state index in [0.717, 1.165) is 34.9 Å². The average molecular weight is 472 g/mol. The molecule has 3 aromatic rings. The standard InChI is InChI=1S/C25H33N3O4S/c1-4-32-24-12-11-19(14-25(24)31-3)21(22-15-26-23-10-6-5-9-20(22)23)16-27-33(29,30)28-13-7-8-18(2)17-28/h5-6,9-12,14-15,18,21,26-27H,4,7-8,13,16-17H2,1-3H3/t18-,21+/m1/s1. The molecule has 7 nitrogen and oxygen atoms in total. The van der Waals surface area contributed by atoms with Gasteiger partial charge in [-0.05, 0) is 55.0 Å². The summed E-state index contributed by atoms with van der Waals surface area (Å²) in [7, 11) is -1.97. The quantitative estimate of drug-likeness (QED) is 0.488. The van der Waals surface area contributed by atoms with Gasteiger partial charge >= 0.3 is 0 Å². The number of hydrogen-bond acceptors (Lipinski definition) is 4. The van der Waals surface area contributed by atoms with Crippen molar-refractivity contribution in [2.75, 3.05) is 33.4 Å². The van der Waals surface area contributed by atoms with Crippen molar-refractivity contribution in [1.82, 2.24) is 14.0 Å². The van der Waals surface area contributed by atoms with Crippen molar-refractivity contribution < 1.29 is 17.9 Å². The first-order valence-electron chi connectivity index (χ1n) is 11.5. The van der Waals surface area contributed by atoms with Crippen LogP contribution in [0.3, 0.4) is 0 Å². The predicted octanol–water partition coefficient (Wildman–Crippen LogP) is 4.27. The smallest absolute Gasteiger partial charge is 0.279 e. The third kappa shape index (κ3) is 5.18. The predicted molar refractivity (Wildman–Crippen MR) is 131 cm³/mol. The fourth-order valence-electron chi connectivity index (χ4n) is 4.61.